The Hall–Kier alpha value is -1.61. The average Bonchev–Trinajstić information content (AvgIpc) is 2.67. The Morgan fingerprint density at radius 1 is 1.29 bits per heavy atom. The van der Waals surface area contributed by atoms with Gasteiger partial charge in [0, 0.05) is 11.7 Å². The molecule has 0 radical (unpaired) electrons. The van der Waals surface area contributed by atoms with E-state index in [1.807, 2.05) is 41.8 Å². The Morgan fingerprint density at radius 3 is 2.64 bits per heavy atom. The molecule has 1 aromatic carbocycles. The molecule has 0 saturated carbocycles. The maximum absolute atomic E-state index is 5.84. The van der Waals surface area contributed by atoms with Gasteiger partial charge in [0.25, 0.3) is 0 Å². The summed E-state index contributed by atoms with van der Waals surface area (Å²) in [4.78, 5) is 4.10. The first kappa shape index (κ1) is 8.97. The zero-order valence-corrected chi connectivity index (χ0v) is 8.09. The number of benzene rings is 1. The minimum atomic E-state index is -0.00212. The second kappa shape index (κ2) is 3.64. The van der Waals surface area contributed by atoms with Crippen LogP contribution in [-0.4, -0.2) is 9.55 Å². The minimum Gasteiger partial charge on any atom is -0.323 e. The predicted molar refractivity (Wildman–Crippen MR) is 56.2 cm³/mol. The van der Waals surface area contributed by atoms with E-state index in [9.17, 15) is 0 Å². The average molecular weight is 187 g/mol. The third-order valence-electron chi connectivity index (χ3n) is 2.17. The standard InChI is InChI=1S/C11H13N3/c1-9(12)11-7-13-8-14(11)10-5-3-2-4-6-10/h2-9H,12H2,1H3. The molecule has 1 unspecified atom stereocenters. The van der Waals surface area contributed by atoms with Crippen molar-refractivity contribution < 1.29 is 0 Å². The summed E-state index contributed by atoms with van der Waals surface area (Å²) >= 11 is 0. The van der Waals surface area contributed by atoms with E-state index in [4.69, 9.17) is 5.73 Å². The van der Waals surface area contributed by atoms with Gasteiger partial charge in [-0.05, 0) is 19.1 Å². The molecule has 0 aliphatic carbocycles. The van der Waals surface area contributed by atoms with Crippen LogP contribution in [0.5, 0.6) is 0 Å². The van der Waals surface area contributed by atoms with Crippen LogP contribution in [0.2, 0.25) is 0 Å². The topological polar surface area (TPSA) is 43.8 Å². The Balaban J connectivity index is 2.47. The van der Waals surface area contributed by atoms with Crippen molar-refractivity contribution >= 4 is 0 Å². The van der Waals surface area contributed by atoms with Crippen LogP contribution in [-0.2, 0) is 0 Å². The number of nitrogens with two attached hydrogens (primary N) is 1. The van der Waals surface area contributed by atoms with Crippen LogP contribution in [0.4, 0.5) is 0 Å². The number of imidazole rings is 1. The summed E-state index contributed by atoms with van der Waals surface area (Å²) in [5.74, 6) is 0. The van der Waals surface area contributed by atoms with Gasteiger partial charge in [0.15, 0.2) is 0 Å². The van der Waals surface area contributed by atoms with Crippen molar-refractivity contribution in [3.05, 3.63) is 48.5 Å². The van der Waals surface area contributed by atoms with Crippen molar-refractivity contribution in [2.24, 2.45) is 5.73 Å². The number of nitrogens with zero attached hydrogens (tertiary/aromatic N) is 2. The third kappa shape index (κ3) is 1.54. The van der Waals surface area contributed by atoms with Crippen LogP contribution in [0.15, 0.2) is 42.9 Å². The quantitative estimate of drug-likeness (QED) is 0.780. The van der Waals surface area contributed by atoms with Crippen molar-refractivity contribution in [3.8, 4) is 5.69 Å². The molecule has 2 rings (SSSR count). The van der Waals surface area contributed by atoms with Crippen LogP contribution >= 0.6 is 0 Å². The highest BCUT2D eigenvalue weighted by Gasteiger charge is 2.06. The van der Waals surface area contributed by atoms with Crippen molar-refractivity contribution in [1.29, 1.82) is 0 Å². The highest BCUT2D eigenvalue weighted by molar-refractivity contribution is 5.33. The lowest BCUT2D eigenvalue weighted by Gasteiger charge is -2.10. The van der Waals surface area contributed by atoms with Gasteiger partial charge < -0.3 is 10.3 Å². The van der Waals surface area contributed by atoms with Gasteiger partial charge in [-0.25, -0.2) is 4.98 Å². The predicted octanol–water partition coefficient (Wildman–Crippen LogP) is 1.89. The third-order valence-corrected chi connectivity index (χ3v) is 2.17. The van der Waals surface area contributed by atoms with Crippen molar-refractivity contribution in [2.75, 3.05) is 0 Å². The van der Waals surface area contributed by atoms with Crippen LogP contribution in [0, 0.1) is 0 Å². The molecule has 2 N–H and O–H groups in total. The summed E-state index contributed by atoms with van der Waals surface area (Å²) in [5.41, 5.74) is 7.95. The fourth-order valence-electron chi connectivity index (χ4n) is 1.45. The smallest absolute Gasteiger partial charge is 0.0994 e. The molecule has 3 nitrogen and oxygen atoms in total. The number of aromatic nitrogens is 2. The van der Waals surface area contributed by atoms with E-state index in [0.29, 0.717) is 0 Å². The number of hydrogen-bond donors (Lipinski definition) is 1. The Labute approximate surface area is 83.2 Å². The summed E-state index contributed by atoms with van der Waals surface area (Å²) < 4.78 is 2.00. The molecule has 0 spiro atoms. The van der Waals surface area contributed by atoms with Crippen molar-refractivity contribution in [3.63, 3.8) is 0 Å². The Morgan fingerprint density at radius 2 is 2.00 bits per heavy atom. The summed E-state index contributed by atoms with van der Waals surface area (Å²) in [6.07, 6.45) is 3.59. The first-order valence-electron chi connectivity index (χ1n) is 4.62. The molecule has 2 aromatic rings. The van der Waals surface area contributed by atoms with Crippen LogP contribution in [0.3, 0.4) is 0 Å². The molecule has 1 atom stereocenters. The van der Waals surface area contributed by atoms with E-state index >= 15 is 0 Å². The second-order valence-electron chi connectivity index (χ2n) is 3.31. The van der Waals surface area contributed by atoms with Gasteiger partial charge in [0.05, 0.1) is 18.2 Å². The molecule has 0 saturated heterocycles. The van der Waals surface area contributed by atoms with Crippen LogP contribution in [0.25, 0.3) is 5.69 Å². The highest BCUT2D eigenvalue weighted by Crippen LogP contribution is 2.14. The monoisotopic (exact) mass is 187 g/mol. The fourth-order valence-corrected chi connectivity index (χ4v) is 1.45. The Kier molecular flexibility index (Phi) is 2.33. The molecule has 1 heterocycles. The summed E-state index contributed by atoms with van der Waals surface area (Å²) in [7, 11) is 0. The minimum absolute atomic E-state index is 0.00212. The molecule has 0 fully saturated rings. The van der Waals surface area contributed by atoms with E-state index in [-0.39, 0.29) is 6.04 Å². The zero-order valence-electron chi connectivity index (χ0n) is 8.09. The van der Waals surface area contributed by atoms with E-state index < -0.39 is 0 Å². The maximum Gasteiger partial charge on any atom is 0.0994 e. The number of para-hydroxylation sites is 1. The van der Waals surface area contributed by atoms with Gasteiger partial charge in [0.1, 0.15) is 0 Å². The molecule has 14 heavy (non-hydrogen) atoms. The number of rotatable bonds is 2. The van der Waals surface area contributed by atoms with Gasteiger partial charge in [0.2, 0.25) is 0 Å². The maximum atomic E-state index is 5.84. The molecule has 0 aliphatic rings. The van der Waals surface area contributed by atoms with Crippen molar-refractivity contribution in [2.45, 2.75) is 13.0 Å². The lowest BCUT2D eigenvalue weighted by molar-refractivity contribution is 0.752. The molecule has 1 aromatic heterocycles. The van der Waals surface area contributed by atoms with Gasteiger partial charge >= 0.3 is 0 Å². The fraction of sp³-hybridized carbons (Fsp3) is 0.182. The SMILES string of the molecule is CC(N)c1cncn1-c1ccccc1. The van der Waals surface area contributed by atoms with Crippen LogP contribution < -0.4 is 5.73 Å². The van der Waals surface area contributed by atoms with E-state index in [2.05, 4.69) is 4.98 Å². The molecule has 0 aliphatic heterocycles. The van der Waals surface area contributed by atoms with Gasteiger partial charge in [-0.3, -0.25) is 0 Å². The van der Waals surface area contributed by atoms with Gasteiger partial charge in [-0.15, -0.1) is 0 Å². The zero-order chi connectivity index (χ0) is 9.97. The van der Waals surface area contributed by atoms with Crippen LogP contribution in [0.1, 0.15) is 18.7 Å². The molecule has 72 valence electrons. The van der Waals surface area contributed by atoms with Gasteiger partial charge in [-0.2, -0.15) is 0 Å². The first-order valence-corrected chi connectivity index (χ1v) is 4.62. The highest BCUT2D eigenvalue weighted by atomic mass is 15.1. The van der Waals surface area contributed by atoms with E-state index in [0.717, 1.165) is 11.4 Å². The second-order valence-corrected chi connectivity index (χ2v) is 3.31. The van der Waals surface area contributed by atoms with E-state index in [1.54, 1.807) is 12.5 Å². The van der Waals surface area contributed by atoms with E-state index in [1.165, 1.54) is 0 Å². The molecule has 0 amide bonds. The lowest BCUT2D eigenvalue weighted by Crippen LogP contribution is -2.10. The molecular weight excluding hydrogens is 174 g/mol. The van der Waals surface area contributed by atoms with Gasteiger partial charge in [-0.1, -0.05) is 18.2 Å². The summed E-state index contributed by atoms with van der Waals surface area (Å²) in [6.45, 7) is 1.95. The summed E-state index contributed by atoms with van der Waals surface area (Å²) in [5, 5.41) is 0. The number of hydrogen-bond acceptors (Lipinski definition) is 2. The first-order chi connectivity index (χ1) is 6.79. The molecular formula is C11H13N3. The normalized spacial score (nSPS) is 12.7. The lowest BCUT2D eigenvalue weighted by atomic mass is 10.2. The summed E-state index contributed by atoms with van der Waals surface area (Å²) in [6, 6.07) is 10.1. The molecule has 3 heteroatoms. The molecule has 0 bridgehead atoms. The largest absolute Gasteiger partial charge is 0.323 e. The Bertz CT molecular complexity index is 403. The van der Waals surface area contributed by atoms with Crippen molar-refractivity contribution in [1.82, 2.24) is 9.55 Å².